The summed E-state index contributed by atoms with van der Waals surface area (Å²) >= 11 is 0. The van der Waals surface area contributed by atoms with Crippen LogP contribution in [0.2, 0.25) is 0 Å². The molecule has 18 heavy (non-hydrogen) atoms. The van der Waals surface area contributed by atoms with E-state index in [9.17, 15) is 4.79 Å². The number of esters is 1. The van der Waals surface area contributed by atoms with E-state index in [0.717, 1.165) is 18.8 Å². The van der Waals surface area contributed by atoms with Crippen LogP contribution < -0.4 is 9.47 Å². The predicted molar refractivity (Wildman–Crippen MR) is 72.0 cm³/mol. The van der Waals surface area contributed by atoms with Crippen molar-refractivity contribution in [3.63, 3.8) is 0 Å². The molecule has 0 aromatic heterocycles. The summed E-state index contributed by atoms with van der Waals surface area (Å²) in [5, 5.41) is 0. The van der Waals surface area contributed by atoms with E-state index < -0.39 is 0 Å². The third-order valence-electron chi connectivity index (χ3n) is 2.61. The second-order valence-electron chi connectivity index (χ2n) is 4.21. The first-order valence-electron chi connectivity index (χ1n) is 6.69. The van der Waals surface area contributed by atoms with Gasteiger partial charge < -0.3 is 9.47 Å². The highest BCUT2D eigenvalue weighted by molar-refractivity contribution is 5.71. The molecule has 0 aliphatic rings. The highest BCUT2D eigenvalue weighted by atomic mass is 16.5. The van der Waals surface area contributed by atoms with E-state index in [1.54, 1.807) is 19.1 Å². The molecule has 1 aromatic rings. The summed E-state index contributed by atoms with van der Waals surface area (Å²) in [7, 11) is 0. The Morgan fingerprint density at radius 3 is 2.28 bits per heavy atom. The molecule has 0 N–H and O–H groups in total. The van der Waals surface area contributed by atoms with Gasteiger partial charge in [0.25, 0.3) is 0 Å². The van der Waals surface area contributed by atoms with Gasteiger partial charge in [0.05, 0.1) is 6.61 Å². The molecular weight excluding hydrogens is 228 g/mol. The third kappa shape index (κ3) is 5.71. The van der Waals surface area contributed by atoms with Crippen molar-refractivity contribution >= 4 is 5.97 Å². The van der Waals surface area contributed by atoms with Crippen LogP contribution in [0.3, 0.4) is 0 Å². The average Bonchev–Trinajstić information content (AvgIpc) is 2.40. The van der Waals surface area contributed by atoms with Gasteiger partial charge in [-0.05, 0) is 30.7 Å². The van der Waals surface area contributed by atoms with Crippen molar-refractivity contribution in [1.29, 1.82) is 0 Å². The van der Waals surface area contributed by atoms with E-state index >= 15 is 0 Å². The molecule has 0 saturated heterocycles. The Morgan fingerprint density at radius 2 is 1.67 bits per heavy atom. The molecule has 0 bridgehead atoms. The van der Waals surface area contributed by atoms with Crippen LogP contribution in [0.25, 0.3) is 0 Å². The molecule has 0 aliphatic heterocycles. The number of unbranched alkanes of at least 4 members (excludes halogenated alkanes) is 3. The topological polar surface area (TPSA) is 35.5 Å². The van der Waals surface area contributed by atoms with Crippen molar-refractivity contribution < 1.29 is 14.3 Å². The summed E-state index contributed by atoms with van der Waals surface area (Å²) < 4.78 is 10.7. The van der Waals surface area contributed by atoms with Gasteiger partial charge in [0.15, 0.2) is 0 Å². The van der Waals surface area contributed by atoms with Crippen LogP contribution in [-0.2, 0) is 4.79 Å². The predicted octanol–water partition coefficient (Wildman–Crippen LogP) is 3.96. The molecule has 0 radical (unpaired) electrons. The Labute approximate surface area is 109 Å². The first kappa shape index (κ1) is 14.6. The Morgan fingerprint density at radius 1 is 1.00 bits per heavy atom. The lowest BCUT2D eigenvalue weighted by Crippen LogP contribution is -2.05. The minimum atomic E-state index is -0.219. The Bertz CT molecular complexity index is 343. The van der Waals surface area contributed by atoms with Gasteiger partial charge in [0.2, 0.25) is 0 Å². The maximum Gasteiger partial charge on any atom is 0.310 e. The number of ether oxygens (including phenoxy) is 2. The number of benzene rings is 1. The summed E-state index contributed by atoms with van der Waals surface area (Å²) in [6, 6.07) is 7.18. The average molecular weight is 250 g/mol. The summed E-state index contributed by atoms with van der Waals surface area (Å²) in [6.45, 7) is 4.71. The Hall–Kier alpha value is -1.51. The number of carbonyl (C=O) groups is 1. The maximum atomic E-state index is 11.1. The SMILES string of the molecule is CCCCCCOc1ccc(OC(=O)CC)cc1. The molecule has 0 heterocycles. The summed E-state index contributed by atoms with van der Waals surface area (Å²) in [6.07, 6.45) is 5.17. The number of rotatable bonds is 8. The number of hydrogen-bond donors (Lipinski definition) is 0. The van der Waals surface area contributed by atoms with Gasteiger partial charge in [-0.3, -0.25) is 4.79 Å². The van der Waals surface area contributed by atoms with Crippen LogP contribution in [0.15, 0.2) is 24.3 Å². The zero-order valence-corrected chi connectivity index (χ0v) is 11.3. The minimum Gasteiger partial charge on any atom is -0.494 e. The van der Waals surface area contributed by atoms with Crippen LogP contribution >= 0.6 is 0 Å². The Balaban J connectivity index is 2.29. The largest absolute Gasteiger partial charge is 0.494 e. The highest BCUT2D eigenvalue weighted by Gasteiger charge is 2.01. The summed E-state index contributed by atoms with van der Waals surface area (Å²) in [5.41, 5.74) is 0. The van der Waals surface area contributed by atoms with E-state index in [4.69, 9.17) is 9.47 Å². The lowest BCUT2D eigenvalue weighted by atomic mass is 10.2. The molecule has 0 spiro atoms. The summed E-state index contributed by atoms with van der Waals surface area (Å²) in [5.74, 6) is 1.17. The van der Waals surface area contributed by atoms with Crippen molar-refractivity contribution in [2.45, 2.75) is 46.0 Å². The molecule has 0 aliphatic carbocycles. The molecule has 0 atom stereocenters. The van der Waals surface area contributed by atoms with E-state index in [0.29, 0.717) is 12.2 Å². The Kier molecular flexibility index (Phi) is 6.92. The lowest BCUT2D eigenvalue weighted by molar-refractivity contribution is -0.134. The fourth-order valence-electron chi connectivity index (χ4n) is 1.53. The van der Waals surface area contributed by atoms with Gasteiger partial charge in [-0.1, -0.05) is 33.1 Å². The fourth-order valence-corrected chi connectivity index (χ4v) is 1.53. The second-order valence-corrected chi connectivity index (χ2v) is 4.21. The van der Waals surface area contributed by atoms with Gasteiger partial charge in [-0.25, -0.2) is 0 Å². The zero-order chi connectivity index (χ0) is 13.2. The van der Waals surface area contributed by atoms with Gasteiger partial charge in [-0.15, -0.1) is 0 Å². The highest BCUT2D eigenvalue weighted by Crippen LogP contribution is 2.18. The molecule has 0 saturated carbocycles. The number of carbonyl (C=O) groups excluding carboxylic acids is 1. The van der Waals surface area contributed by atoms with Gasteiger partial charge in [-0.2, -0.15) is 0 Å². The van der Waals surface area contributed by atoms with Crippen LogP contribution in [0.1, 0.15) is 46.0 Å². The molecule has 1 rings (SSSR count). The van der Waals surface area contributed by atoms with E-state index in [-0.39, 0.29) is 5.97 Å². The van der Waals surface area contributed by atoms with Crippen molar-refractivity contribution in [1.82, 2.24) is 0 Å². The molecule has 0 amide bonds. The first-order valence-corrected chi connectivity index (χ1v) is 6.69. The molecular formula is C15H22O3. The van der Waals surface area contributed by atoms with Crippen molar-refractivity contribution in [3.05, 3.63) is 24.3 Å². The zero-order valence-electron chi connectivity index (χ0n) is 11.3. The van der Waals surface area contributed by atoms with Crippen molar-refractivity contribution in [3.8, 4) is 11.5 Å². The first-order chi connectivity index (χ1) is 8.76. The molecule has 0 unspecified atom stereocenters. The van der Waals surface area contributed by atoms with Crippen molar-refractivity contribution in [2.75, 3.05) is 6.61 Å². The van der Waals surface area contributed by atoms with Gasteiger partial charge in [0, 0.05) is 6.42 Å². The van der Waals surface area contributed by atoms with Gasteiger partial charge >= 0.3 is 5.97 Å². The molecule has 3 nitrogen and oxygen atoms in total. The minimum absolute atomic E-state index is 0.219. The van der Waals surface area contributed by atoms with Gasteiger partial charge in [0.1, 0.15) is 11.5 Å². The maximum absolute atomic E-state index is 11.1. The van der Waals surface area contributed by atoms with Crippen LogP contribution in [-0.4, -0.2) is 12.6 Å². The van der Waals surface area contributed by atoms with Crippen LogP contribution in [0, 0.1) is 0 Å². The monoisotopic (exact) mass is 250 g/mol. The lowest BCUT2D eigenvalue weighted by Gasteiger charge is -2.07. The molecule has 100 valence electrons. The molecule has 3 heteroatoms. The summed E-state index contributed by atoms with van der Waals surface area (Å²) in [4.78, 5) is 11.1. The third-order valence-corrected chi connectivity index (χ3v) is 2.61. The van der Waals surface area contributed by atoms with Crippen LogP contribution in [0.4, 0.5) is 0 Å². The smallest absolute Gasteiger partial charge is 0.310 e. The molecule has 1 aromatic carbocycles. The van der Waals surface area contributed by atoms with Crippen LogP contribution in [0.5, 0.6) is 11.5 Å². The standard InChI is InChI=1S/C15H22O3/c1-3-5-6-7-12-17-13-8-10-14(11-9-13)18-15(16)4-2/h8-11H,3-7,12H2,1-2H3. The second kappa shape index (κ2) is 8.56. The van der Waals surface area contributed by atoms with E-state index in [1.165, 1.54) is 19.3 Å². The molecule has 0 fully saturated rings. The quantitative estimate of drug-likeness (QED) is 0.398. The van der Waals surface area contributed by atoms with Crippen molar-refractivity contribution in [2.24, 2.45) is 0 Å². The normalized spacial score (nSPS) is 10.1. The van der Waals surface area contributed by atoms with E-state index in [1.807, 2.05) is 12.1 Å². The fraction of sp³-hybridized carbons (Fsp3) is 0.533. The number of hydrogen-bond acceptors (Lipinski definition) is 3. The van der Waals surface area contributed by atoms with E-state index in [2.05, 4.69) is 6.92 Å².